The number of anilines is 1. The van der Waals surface area contributed by atoms with Gasteiger partial charge in [0.25, 0.3) is 0 Å². The molecule has 2 aromatic carbocycles. The Bertz CT molecular complexity index is 1140. The summed E-state index contributed by atoms with van der Waals surface area (Å²) in [7, 11) is -2.37. The van der Waals surface area contributed by atoms with Crippen LogP contribution in [0.5, 0.6) is 0 Å². The lowest BCUT2D eigenvalue weighted by molar-refractivity contribution is -0.126. The summed E-state index contributed by atoms with van der Waals surface area (Å²) in [4.78, 5) is 24.1. The lowest BCUT2D eigenvalue weighted by atomic mass is 9.85. The van der Waals surface area contributed by atoms with E-state index in [-0.39, 0.29) is 39.6 Å². The van der Waals surface area contributed by atoms with Crippen LogP contribution in [-0.4, -0.2) is 33.4 Å². The maximum atomic E-state index is 13.1. The fourth-order valence-corrected chi connectivity index (χ4v) is 5.50. The molecule has 0 unspecified atom stereocenters. The van der Waals surface area contributed by atoms with E-state index in [0.717, 1.165) is 5.56 Å². The van der Waals surface area contributed by atoms with E-state index in [1.54, 1.807) is 12.1 Å². The lowest BCUT2D eigenvalue weighted by Crippen LogP contribution is -2.41. The number of benzene rings is 2. The van der Waals surface area contributed by atoms with Crippen molar-refractivity contribution in [3.8, 4) is 0 Å². The van der Waals surface area contributed by atoms with Crippen LogP contribution in [0.2, 0.25) is 5.02 Å². The Balaban J connectivity index is 1.53. The third-order valence-corrected chi connectivity index (χ3v) is 7.71. The molecule has 1 atom stereocenters. The molecule has 0 spiro atoms. The minimum atomic E-state index is -3.82. The van der Waals surface area contributed by atoms with Gasteiger partial charge in [-0.1, -0.05) is 23.7 Å². The first-order valence-electron chi connectivity index (χ1n) is 11.0. The van der Waals surface area contributed by atoms with Gasteiger partial charge in [0.05, 0.1) is 21.6 Å². The van der Waals surface area contributed by atoms with Crippen molar-refractivity contribution in [2.45, 2.75) is 49.6 Å². The van der Waals surface area contributed by atoms with Crippen molar-refractivity contribution in [1.29, 1.82) is 0 Å². The summed E-state index contributed by atoms with van der Waals surface area (Å²) in [6.07, 6.45) is 2.13. The minimum absolute atomic E-state index is 0.00653. The largest absolute Gasteiger partial charge is 0.349 e. The zero-order valence-electron chi connectivity index (χ0n) is 18.9. The zero-order chi connectivity index (χ0) is 24.9. The normalized spacial score (nSPS) is 19.2. The average molecular weight is 511 g/mol. The molecule has 3 rings (SSSR count). The van der Waals surface area contributed by atoms with E-state index in [2.05, 4.69) is 20.7 Å². The standard InChI is InChI=1S/C23H28ClFN4O4S/c1-14(15-3-7-17(25)8-4-15)27-22(30)16-5-9-18(10-6-16)29-34(32,33)19-11-12-21(20(24)13-19)28-23(31)26-2/h3-4,7-8,11-14,16,18,29H,5-6,9-10H2,1-2H3,(H,27,30)(H2,26,28,31)/t14-,16?,18?/m1/s1. The molecule has 0 radical (unpaired) electrons. The summed E-state index contributed by atoms with van der Waals surface area (Å²) in [5, 5.41) is 7.95. The predicted molar refractivity (Wildman–Crippen MR) is 129 cm³/mol. The van der Waals surface area contributed by atoms with Gasteiger partial charge in [0.15, 0.2) is 0 Å². The molecule has 2 aromatic rings. The molecule has 0 heterocycles. The molecule has 11 heteroatoms. The highest BCUT2D eigenvalue weighted by Gasteiger charge is 2.30. The van der Waals surface area contributed by atoms with Crippen LogP contribution in [0.3, 0.4) is 0 Å². The minimum Gasteiger partial charge on any atom is -0.349 e. The Labute approximate surface area is 203 Å². The van der Waals surface area contributed by atoms with E-state index in [1.165, 1.54) is 37.4 Å². The Morgan fingerprint density at radius 1 is 1.06 bits per heavy atom. The summed E-state index contributed by atoms with van der Waals surface area (Å²) in [5.74, 6) is -0.640. The maximum Gasteiger partial charge on any atom is 0.319 e. The van der Waals surface area contributed by atoms with Crippen molar-refractivity contribution < 1.29 is 22.4 Å². The highest BCUT2D eigenvalue weighted by atomic mass is 35.5. The van der Waals surface area contributed by atoms with E-state index in [9.17, 15) is 22.4 Å². The molecule has 1 aliphatic rings. The fraction of sp³-hybridized carbons (Fsp3) is 0.391. The number of urea groups is 1. The molecular formula is C23H28ClFN4O4S. The molecule has 8 nitrogen and oxygen atoms in total. The lowest BCUT2D eigenvalue weighted by Gasteiger charge is -2.29. The van der Waals surface area contributed by atoms with Gasteiger partial charge in [0.1, 0.15) is 5.82 Å². The third kappa shape index (κ3) is 6.68. The Kier molecular flexibility index (Phi) is 8.51. The summed E-state index contributed by atoms with van der Waals surface area (Å²) >= 11 is 6.13. The van der Waals surface area contributed by atoms with Crippen LogP contribution in [0.15, 0.2) is 47.4 Å². The second-order valence-corrected chi connectivity index (χ2v) is 10.4. The third-order valence-electron chi connectivity index (χ3n) is 5.87. The van der Waals surface area contributed by atoms with Gasteiger partial charge in [-0.15, -0.1) is 0 Å². The first-order valence-corrected chi connectivity index (χ1v) is 12.8. The van der Waals surface area contributed by atoms with Gasteiger partial charge in [0, 0.05) is 19.0 Å². The SMILES string of the molecule is CNC(=O)Nc1ccc(S(=O)(=O)NC2CCC(C(=O)N[C@H](C)c3ccc(F)cc3)CC2)cc1Cl. The molecule has 0 bridgehead atoms. The zero-order valence-corrected chi connectivity index (χ0v) is 20.5. The van der Waals surface area contributed by atoms with Gasteiger partial charge in [0.2, 0.25) is 15.9 Å². The predicted octanol–water partition coefficient (Wildman–Crippen LogP) is 3.94. The number of rotatable bonds is 7. The number of halogens is 2. The summed E-state index contributed by atoms with van der Waals surface area (Å²) < 4.78 is 41.4. The number of hydrogen-bond donors (Lipinski definition) is 4. The molecule has 0 aromatic heterocycles. The Morgan fingerprint density at radius 2 is 1.71 bits per heavy atom. The van der Waals surface area contributed by atoms with Crippen LogP contribution < -0.4 is 20.7 Å². The molecule has 34 heavy (non-hydrogen) atoms. The molecule has 3 amide bonds. The van der Waals surface area contributed by atoms with Crippen LogP contribution >= 0.6 is 11.6 Å². The summed E-state index contributed by atoms with van der Waals surface area (Å²) in [6, 6.07) is 9.04. The smallest absolute Gasteiger partial charge is 0.319 e. The van der Waals surface area contributed by atoms with E-state index in [4.69, 9.17) is 11.6 Å². The average Bonchev–Trinajstić information content (AvgIpc) is 2.80. The number of amides is 3. The highest BCUT2D eigenvalue weighted by molar-refractivity contribution is 7.89. The van der Waals surface area contributed by atoms with Crippen molar-refractivity contribution in [2.24, 2.45) is 5.92 Å². The second kappa shape index (κ2) is 11.2. The van der Waals surface area contributed by atoms with Crippen molar-refractivity contribution in [3.05, 3.63) is 58.9 Å². The molecule has 0 saturated heterocycles. The monoisotopic (exact) mass is 510 g/mol. The van der Waals surface area contributed by atoms with Gasteiger partial charge in [-0.3, -0.25) is 4.79 Å². The molecule has 4 N–H and O–H groups in total. The highest BCUT2D eigenvalue weighted by Crippen LogP contribution is 2.29. The van der Waals surface area contributed by atoms with E-state index < -0.39 is 16.1 Å². The van der Waals surface area contributed by atoms with Gasteiger partial charge >= 0.3 is 6.03 Å². The number of nitrogens with one attached hydrogen (secondary N) is 4. The number of carbonyl (C=O) groups is 2. The van der Waals surface area contributed by atoms with E-state index in [1.807, 2.05) is 6.92 Å². The van der Waals surface area contributed by atoms with Crippen molar-refractivity contribution in [2.75, 3.05) is 12.4 Å². The molecule has 1 aliphatic carbocycles. The molecular weight excluding hydrogens is 483 g/mol. The molecule has 184 valence electrons. The van der Waals surface area contributed by atoms with Crippen molar-refractivity contribution in [1.82, 2.24) is 15.4 Å². The number of hydrogen-bond acceptors (Lipinski definition) is 4. The first-order chi connectivity index (χ1) is 16.1. The van der Waals surface area contributed by atoms with Crippen LogP contribution in [0, 0.1) is 11.7 Å². The van der Waals surface area contributed by atoms with Gasteiger partial charge in [-0.25, -0.2) is 22.3 Å². The van der Waals surface area contributed by atoms with E-state index >= 15 is 0 Å². The topological polar surface area (TPSA) is 116 Å². The quantitative estimate of drug-likeness (QED) is 0.451. The number of carbonyl (C=O) groups excluding carboxylic acids is 2. The molecule has 1 saturated carbocycles. The molecule has 1 fully saturated rings. The Morgan fingerprint density at radius 3 is 2.29 bits per heavy atom. The van der Waals surface area contributed by atoms with Gasteiger partial charge < -0.3 is 16.0 Å². The van der Waals surface area contributed by atoms with E-state index in [0.29, 0.717) is 31.4 Å². The summed E-state index contributed by atoms with van der Waals surface area (Å²) in [5.41, 5.74) is 1.10. The van der Waals surface area contributed by atoms with Crippen molar-refractivity contribution >= 4 is 39.2 Å². The van der Waals surface area contributed by atoms with Crippen LogP contribution in [0.4, 0.5) is 14.9 Å². The van der Waals surface area contributed by atoms with Crippen LogP contribution in [0.1, 0.15) is 44.2 Å². The summed E-state index contributed by atoms with van der Waals surface area (Å²) in [6.45, 7) is 1.84. The number of sulfonamides is 1. The van der Waals surface area contributed by atoms with Crippen molar-refractivity contribution in [3.63, 3.8) is 0 Å². The fourth-order valence-electron chi connectivity index (χ4n) is 3.88. The van der Waals surface area contributed by atoms with Crippen LogP contribution in [-0.2, 0) is 14.8 Å². The first kappa shape index (κ1) is 25.9. The van der Waals surface area contributed by atoms with Gasteiger partial charge in [-0.2, -0.15) is 0 Å². The second-order valence-electron chi connectivity index (χ2n) is 8.30. The van der Waals surface area contributed by atoms with Crippen LogP contribution in [0.25, 0.3) is 0 Å². The maximum absolute atomic E-state index is 13.1. The van der Waals surface area contributed by atoms with Gasteiger partial charge in [-0.05, 0) is 68.5 Å². The molecule has 0 aliphatic heterocycles. The Hall–Kier alpha value is -2.69.